The van der Waals surface area contributed by atoms with Crippen molar-refractivity contribution in [2.45, 2.75) is 316 Å². The van der Waals surface area contributed by atoms with Crippen molar-refractivity contribution in [2.24, 2.45) is 0 Å². The van der Waals surface area contributed by atoms with Crippen LogP contribution in [0.5, 0.6) is 0 Å². The Bertz CT molecular complexity index is 1490. The molecule has 0 aromatic rings. The maximum absolute atomic E-state index is 12.9. The van der Waals surface area contributed by atoms with Gasteiger partial charge >= 0.3 is 17.9 Å². The van der Waals surface area contributed by atoms with Crippen molar-refractivity contribution < 1.29 is 28.6 Å². The molecule has 1 atom stereocenters. The predicted octanol–water partition coefficient (Wildman–Crippen LogP) is 22.0. The first kappa shape index (κ1) is 72.3. The van der Waals surface area contributed by atoms with Crippen molar-refractivity contribution in [3.63, 3.8) is 0 Å². The van der Waals surface area contributed by atoms with Crippen LogP contribution in [0.4, 0.5) is 0 Å². The standard InChI is InChI=1S/C70H120O6/c1-4-7-10-13-16-19-22-25-28-31-33-34-35-36-37-40-42-45-48-51-54-57-60-63-69(72)75-66-67(65-74-68(71)62-59-56-53-50-47-44-41-38-30-27-24-21-18-15-12-9-6-3)76-70(73)64-61-58-55-52-49-46-43-39-32-29-26-23-20-17-14-11-8-5-2/h9,12,18,21-22,25,27,29-33,41,44,50,53,67H,4-8,10-11,13-17,19-20,23-24,26,28,34-40,42-43,45-49,51-52,54-66H2,1-3H3/b12-9-,21-18-,25-22-,30-27-,32-29-,33-31-,44-41-,53-50-. The summed E-state index contributed by atoms with van der Waals surface area (Å²) in [6, 6.07) is 0. The first-order valence-electron chi connectivity index (χ1n) is 32.2. The van der Waals surface area contributed by atoms with Gasteiger partial charge in [0, 0.05) is 19.3 Å². The summed E-state index contributed by atoms with van der Waals surface area (Å²) < 4.78 is 16.9. The Labute approximate surface area is 470 Å². The number of carbonyl (C=O) groups is 3. The minimum Gasteiger partial charge on any atom is -0.462 e. The van der Waals surface area contributed by atoms with Crippen molar-refractivity contribution in [1.29, 1.82) is 0 Å². The summed E-state index contributed by atoms with van der Waals surface area (Å²) >= 11 is 0. The van der Waals surface area contributed by atoms with Gasteiger partial charge in [-0.2, -0.15) is 0 Å². The Morgan fingerprint density at radius 1 is 0.276 bits per heavy atom. The van der Waals surface area contributed by atoms with Gasteiger partial charge in [0.15, 0.2) is 6.10 Å². The normalized spacial score (nSPS) is 12.7. The molecular weight excluding hydrogens is 937 g/mol. The molecule has 1 unspecified atom stereocenters. The molecule has 0 aliphatic rings. The van der Waals surface area contributed by atoms with Crippen LogP contribution in [0, 0.1) is 0 Å². The molecule has 0 bridgehead atoms. The first-order chi connectivity index (χ1) is 37.5. The van der Waals surface area contributed by atoms with Crippen LogP contribution in [0.1, 0.15) is 310 Å². The summed E-state index contributed by atoms with van der Waals surface area (Å²) in [6.45, 7) is 6.49. The molecule has 0 aliphatic heterocycles. The van der Waals surface area contributed by atoms with E-state index in [4.69, 9.17) is 14.2 Å². The third-order valence-corrected chi connectivity index (χ3v) is 13.8. The number of allylic oxidation sites excluding steroid dienone is 16. The van der Waals surface area contributed by atoms with Gasteiger partial charge in [0.2, 0.25) is 0 Å². The molecule has 0 fully saturated rings. The zero-order valence-corrected chi connectivity index (χ0v) is 50.0. The molecule has 6 nitrogen and oxygen atoms in total. The molecule has 0 amide bonds. The number of hydrogen-bond acceptors (Lipinski definition) is 6. The van der Waals surface area contributed by atoms with Crippen LogP contribution in [0.15, 0.2) is 97.2 Å². The highest BCUT2D eigenvalue weighted by atomic mass is 16.6. The van der Waals surface area contributed by atoms with Gasteiger partial charge in [0.1, 0.15) is 13.2 Å². The average Bonchev–Trinajstić information content (AvgIpc) is 3.42. The van der Waals surface area contributed by atoms with Gasteiger partial charge in [0.25, 0.3) is 0 Å². The van der Waals surface area contributed by atoms with Crippen LogP contribution < -0.4 is 0 Å². The number of ether oxygens (including phenoxy) is 3. The van der Waals surface area contributed by atoms with Gasteiger partial charge in [-0.3, -0.25) is 14.4 Å². The third kappa shape index (κ3) is 61.2. The van der Waals surface area contributed by atoms with E-state index in [9.17, 15) is 14.4 Å². The molecule has 0 rings (SSSR count). The maximum Gasteiger partial charge on any atom is 0.306 e. The number of carbonyl (C=O) groups excluding carboxylic acids is 3. The smallest absolute Gasteiger partial charge is 0.306 e. The predicted molar refractivity (Wildman–Crippen MR) is 330 cm³/mol. The fraction of sp³-hybridized carbons (Fsp3) is 0.729. The van der Waals surface area contributed by atoms with E-state index in [-0.39, 0.29) is 37.5 Å². The lowest BCUT2D eigenvalue weighted by Gasteiger charge is -2.18. The molecule has 0 aromatic carbocycles. The van der Waals surface area contributed by atoms with Crippen LogP contribution >= 0.6 is 0 Å². The van der Waals surface area contributed by atoms with E-state index in [1.807, 2.05) is 0 Å². The molecule has 0 heterocycles. The molecular formula is C70H120O6. The summed E-state index contributed by atoms with van der Waals surface area (Å²) in [4.78, 5) is 38.3. The Balaban J connectivity index is 4.42. The van der Waals surface area contributed by atoms with Crippen LogP contribution in [-0.2, 0) is 28.6 Å². The van der Waals surface area contributed by atoms with E-state index in [1.54, 1.807) is 0 Å². The fourth-order valence-corrected chi connectivity index (χ4v) is 8.98. The van der Waals surface area contributed by atoms with E-state index in [0.29, 0.717) is 19.3 Å². The molecule has 436 valence electrons. The fourth-order valence-electron chi connectivity index (χ4n) is 8.98. The molecule has 0 aliphatic carbocycles. The zero-order valence-electron chi connectivity index (χ0n) is 50.0. The van der Waals surface area contributed by atoms with Gasteiger partial charge in [-0.05, 0) is 116 Å². The maximum atomic E-state index is 12.9. The Morgan fingerprint density at radius 3 is 0.868 bits per heavy atom. The van der Waals surface area contributed by atoms with Crippen molar-refractivity contribution in [3.8, 4) is 0 Å². The van der Waals surface area contributed by atoms with Gasteiger partial charge in [-0.1, -0.05) is 272 Å². The number of rotatable bonds is 58. The van der Waals surface area contributed by atoms with Crippen molar-refractivity contribution in [1.82, 2.24) is 0 Å². The second kappa shape index (κ2) is 63.9. The van der Waals surface area contributed by atoms with E-state index in [1.165, 1.54) is 180 Å². The summed E-state index contributed by atoms with van der Waals surface area (Å²) in [5.41, 5.74) is 0. The topological polar surface area (TPSA) is 78.9 Å². The van der Waals surface area contributed by atoms with Gasteiger partial charge in [-0.25, -0.2) is 0 Å². The summed E-state index contributed by atoms with van der Waals surface area (Å²) in [6.07, 6.45) is 85.6. The quantitative estimate of drug-likeness (QED) is 0.0261. The van der Waals surface area contributed by atoms with E-state index >= 15 is 0 Å². The van der Waals surface area contributed by atoms with Gasteiger partial charge in [-0.15, -0.1) is 0 Å². The molecule has 0 saturated heterocycles. The highest BCUT2D eigenvalue weighted by Gasteiger charge is 2.19. The molecule has 0 spiro atoms. The highest BCUT2D eigenvalue weighted by molar-refractivity contribution is 5.71. The summed E-state index contributed by atoms with van der Waals surface area (Å²) in [5.74, 6) is -0.955. The van der Waals surface area contributed by atoms with Crippen molar-refractivity contribution in [2.75, 3.05) is 13.2 Å². The zero-order chi connectivity index (χ0) is 55.0. The van der Waals surface area contributed by atoms with E-state index in [2.05, 4.69) is 118 Å². The average molecular weight is 1060 g/mol. The highest BCUT2D eigenvalue weighted by Crippen LogP contribution is 2.16. The van der Waals surface area contributed by atoms with Crippen molar-refractivity contribution in [3.05, 3.63) is 97.2 Å². The summed E-state index contributed by atoms with van der Waals surface area (Å²) in [7, 11) is 0. The Morgan fingerprint density at radius 2 is 0.526 bits per heavy atom. The third-order valence-electron chi connectivity index (χ3n) is 13.8. The first-order valence-corrected chi connectivity index (χ1v) is 32.2. The van der Waals surface area contributed by atoms with Gasteiger partial charge < -0.3 is 14.2 Å². The number of hydrogen-bond donors (Lipinski definition) is 0. The Kier molecular flexibility index (Phi) is 60.8. The van der Waals surface area contributed by atoms with Crippen molar-refractivity contribution >= 4 is 17.9 Å². The lowest BCUT2D eigenvalue weighted by Crippen LogP contribution is -2.30. The largest absolute Gasteiger partial charge is 0.462 e. The van der Waals surface area contributed by atoms with Gasteiger partial charge in [0.05, 0.1) is 0 Å². The number of unbranched alkanes of at least 4 members (excludes halogenated alkanes) is 31. The summed E-state index contributed by atoms with van der Waals surface area (Å²) in [5, 5.41) is 0. The second-order valence-electron chi connectivity index (χ2n) is 21.3. The molecule has 0 N–H and O–H groups in total. The molecule has 6 heteroatoms. The Hall–Kier alpha value is -3.67. The van der Waals surface area contributed by atoms with E-state index < -0.39 is 6.10 Å². The van der Waals surface area contributed by atoms with Crippen LogP contribution in [0.3, 0.4) is 0 Å². The van der Waals surface area contributed by atoms with Crippen LogP contribution in [0.25, 0.3) is 0 Å². The SMILES string of the molecule is CC/C=C\C/C=C\C/C=C\C/C=C\C/C=C\CCCC(=O)OCC(COC(=O)CCCCCCCCCCCCC/C=C\C/C=C\CCCCCCC)OC(=O)CCCCCCCCC/C=C\CCCCCCCCC. The second-order valence-corrected chi connectivity index (χ2v) is 21.3. The minimum absolute atomic E-state index is 0.0974. The van der Waals surface area contributed by atoms with E-state index in [0.717, 1.165) is 83.5 Å². The molecule has 0 saturated carbocycles. The lowest BCUT2D eigenvalue weighted by molar-refractivity contribution is -0.167. The molecule has 76 heavy (non-hydrogen) atoms. The molecule has 0 radical (unpaired) electrons. The van der Waals surface area contributed by atoms with Crippen LogP contribution in [0.2, 0.25) is 0 Å². The minimum atomic E-state index is -0.806. The molecule has 0 aromatic heterocycles. The lowest BCUT2D eigenvalue weighted by atomic mass is 10.0. The number of esters is 3. The van der Waals surface area contributed by atoms with Crippen LogP contribution in [-0.4, -0.2) is 37.2 Å². The monoisotopic (exact) mass is 1060 g/mol.